The number of carbonyl (C=O) groups excluding carboxylic acids is 2. The molecule has 1 saturated heterocycles. The van der Waals surface area contributed by atoms with E-state index in [4.69, 9.17) is 0 Å². The Kier molecular flexibility index (Phi) is 2.11. The summed E-state index contributed by atoms with van der Waals surface area (Å²) in [5.41, 5.74) is -0.612. The van der Waals surface area contributed by atoms with Gasteiger partial charge in [-0.2, -0.15) is 0 Å². The van der Waals surface area contributed by atoms with Crippen LogP contribution < -0.4 is 5.32 Å². The van der Waals surface area contributed by atoms with Gasteiger partial charge < -0.3 is 10.2 Å². The van der Waals surface area contributed by atoms with Crippen LogP contribution in [0, 0.1) is 0 Å². The second-order valence-electron chi connectivity index (χ2n) is 6.13. The van der Waals surface area contributed by atoms with Crippen LogP contribution in [0.1, 0.15) is 52.4 Å². The smallest absolute Gasteiger partial charge is 0.249 e. The van der Waals surface area contributed by atoms with Crippen LogP contribution in [0.5, 0.6) is 0 Å². The molecule has 1 aliphatic heterocycles. The summed E-state index contributed by atoms with van der Waals surface area (Å²) in [6.45, 7) is 3.95. The topological polar surface area (TPSA) is 49.4 Å². The third-order valence-corrected chi connectivity index (χ3v) is 4.77. The third-order valence-electron chi connectivity index (χ3n) is 4.77. The lowest BCUT2D eigenvalue weighted by atomic mass is 9.89. The van der Waals surface area contributed by atoms with Gasteiger partial charge in [-0.25, -0.2) is 0 Å². The summed E-state index contributed by atoms with van der Waals surface area (Å²) in [6, 6.07) is -0.304. The van der Waals surface area contributed by atoms with Gasteiger partial charge in [0.2, 0.25) is 11.8 Å². The van der Waals surface area contributed by atoms with Crippen molar-refractivity contribution in [2.24, 2.45) is 0 Å². The monoisotopic (exact) mass is 236 g/mol. The summed E-state index contributed by atoms with van der Waals surface area (Å²) in [4.78, 5) is 26.7. The fourth-order valence-corrected chi connectivity index (χ4v) is 3.37. The van der Waals surface area contributed by atoms with Crippen LogP contribution in [0.15, 0.2) is 0 Å². The zero-order chi connectivity index (χ0) is 12.3. The highest BCUT2D eigenvalue weighted by Gasteiger charge is 2.58. The molecule has 4 nitrogen and oxygen atoms in total. The van der Waals surface area contributed by atoms with Crippen molar-refractivity contribution in [1.29, 1.82) is 0 Å². The Morgan fingerprint density at radius 1 is 1.18 bits per heavy atom. The van der Waals surface area contributed by atoms with Gasteiger partial charge in [0.25, 0.3) is 0 Å². The highest BCUT2D eigenvalue weighted by Crippen LogP contribution is 2.46. The molecule has 3 rings (SSSR count). The van der Waals surface area contributed by atoms with E-state index in [-0.39, 0.29) is 23.4 Å². The first kappa shape index (κ1) is 11.1. The molecule has 17 heavy (non-hydrogen) atoms. The standard InChI is InChI=1S/C13H20N2O2/c1-9-10(16)14-13(5-3-4-6-13)11(17)15(9)12(2)7-8-12/h9H,3-8H2,1-2H3,(H,14,16). The van der Waals surface area contributed by atoms with E-state index in [0.29, 0.717) is 0 Å². The summed E-state index contributed by atoms with van der Waals surface area (Å²) in [7, 11) is 0. The molecule has 1 atom stereocenters. The van der Waals surface area contributed by atoms with E-state index in [1.54, 1.807) is 0 Å². The minimum absolute atomic E-state index is 0.0274. The zero-order valence-electron chi connectivity index (χ0n) is 10.6. The molecule has 0 bridgehead atoms. The van der Waals surface area contributed by atoms with Gasteiger partial charge in [0.1, 0.15) is 11.6 Å². The molecule has 0 aromatic heterocycles. The van der Waals surface area contributed by atoms with Gasteiger partial charge in [0.05, 0.1) is 0 Å². The summed E-state index contributed by atoms with van der Waals surface area (Å²) in [6.07, 6.45) is 5.79. The molecule has 1 N–H and O–H groups in total. The van der Waals surface area contributed by atoms with Crippen molar-refractivity contribution in [3.63, 3.8) is 0 Å². The van der Waals surface area contributed by atoms with Crippen molar-refractivity contribution < 1.29 is 9.59 Å². The molecular weight excluding hydrogens is 216 g/mol. The molecule has 2 amide bonds. The Morgan fingerprint density at radius 3 is 2.29 bits per heavy atom. The highest BCUT2D eigenvalue weighted by molar-refractivity contribution is 6.00. The number of piperazine rings is 1. The Bertz CT molecular complexity index is 381. The summed E-state index contributed by atoms with van der Waals surface area (Å²) in [5.74, 6) is 0.196. The van der Waals surface area contributed by atoms with Crippen molar-refractivity contribution in [3.8, 4) is 0 Å². The van der Waals surface area contributed by atoms with Gasteiger partial charge in [-0.15, -0.1) is 0 Å². The average Bonchev–Trinajstić information content (AvgIpc) is 2.84. The normalized spacial score (nSPS) is 34.0. The van der Waals surface area contributed by atoms with Crippen molar-refractivity contribution >= 4 is 11.8 Å². The molecule has 4 heteroatoms. The predicted octanol–water partition coefficient (Wildman–Crippen LogP) is 1.20. The first-order chi connectivity index (χ1) is 7.99. The van der Waals surface area contributed by atoms with E-state index in [1.165, 1.54) is 0 Å². The van der Waals surface area contributed by atoms with E-state index < -0.39 is 5.54 Å². The first-order valence-corrected chi connectivity index (χ1v) is 6.64. The number of hydrogen-bond acceptors (Lipinski definition) is 2. The molecule has 3 aliphatic rings. The number of rotatable bonds is 1. The summed E-state index contributed by atoms with van der Waals surface area (Å²) < 4.78 is 0. The fourth-order valence-electron chi connectivity index (χ4n) is 3.37. The number of hydrogen-bond donors (Lipinski definition) is 1. The molecule has 1 heterocycles. The second kappa shape index (κ2) is 3.24. The lowest BCUT2D eigenvalue weighted by molar-refractivity contribution is -0.157. The highest BCUT2D eigenvalue weighted by atomic mass is 16.2. The van der Waals surface area contributed by atoms with E-state index in [1.807, 2.05) is 11.8 Å². The van der Waals surface area contributed by atoms with Crippen LogP contribution in [0.4, 0.5) is 0 Å². The minimum atomic E-state index is -0.560. The van der Waals surface area contributed by atoms with E-state index in [2.05, 4.69) is 12.2 Å². The van der Waals surface area contributed by atoms with E-state index in [0.717, 1.165) is 38.5 Å². The molecule has 2 aliphatic carbocycles. The molecule has 2 saturated carbocycles. The van der Waals surface area contributed by atoms with Gasteiger partial charge in [0.15, 0.2) is 0 Å². The molecule has 0 aromatic carbocycles. The van der Waals surface area contributed by atoms with Crippen LogP contribution >= 0.6 is 0 Å². The van der Waals surface area contributed by atoms with Crippen molar-refractivity contribution in [2.45, 2.75) is 69.5 Å². The number of nitrogens with zero attached hydrogens (tertiary/aromatic N) is 1. The van der Waals surface area contributed by atoms with Gasteiger partial charge >= 0.3 is 0 Å². The Balaban J connectivity index is 1.96. The molecule has 3 fully saturated rings. The Labute approximate surface area is 102 Å². The average molecular weight is 236 g/mol. The van der Waals surface area contributed by atoms with Gasteiger partial charge in [-0.1, -0.05) is 12.8 Å². The molecule has 1 spiro atoms. The Morgan fingerprint density at radius 2 is 1.76 bits per heavy atom. The SMILES string of the molecule is CC1C(=O)NC2(CCCC2)C(=O)N1C1(C)CC1. The van der Waals surface area contributed by atoms with Crippen molar-refractivity contribution in [3.05, 3.63) is 0 Å². The van der Waals surface area contributed by atoms with Crippen LogP contribution in [0.3, 0.4) is 0 Å². The van der Waals surface area contributed by atoms with E-state index in [9.17, 15) is 9.59 Å². The van der Waals surface area contributed by atoms with Crippen LogP contribution in [-0.4, -0.2) is 33.8 Å². The lowest BCUT2D eigenvalue weighted by Gasteiger charge is -2.46. The number of carbonyl (C=O) groups is 2. The third kappa shape index (κ3) is 1.42. The van der Waals surface area contributed by atoms with E-state index >= 15 is 0 Å². The second-order valence-corrected chi connectivity index (χ2v) is 6.13. The zero-order valence-corrected chi connectivity index (χ0v) is 10.6. The van der Waals surface area contributed by atoms with Crippen LogP contribution in [0.2, 0.25) is 0 Å². The molecule has 94 valence electrons. The first-order valence-electron chi connectivity index (χ1n) is 6.64. The quantitative estimate of drug-likeness (QED) is 0.743. The van der Waals surface area contributed by atoms with Gasteiger partial charge in [0, 0.05) is 5.54 Å². The number of amides is 2. The summed E-state index contributed by atoms with van der Waals surface area (Å²) >= 11 is 0. The van der Waals surface area contributed by atoms with Crippen molar-refractivity contribution in [1.82, 2.24) is 10.2 Å². The summed E-state index contributed by atoms with van der Waals surface area (Å²) in [5, 5.41) is 2.99. The molecular formula is C13H20N2O2. The lowest BCUT2D eigenvalue weighted by Crippen LogP contribution is -2.70. The Hall–Kier alpha value is -1.06. The predicted molar refractivity (Wildman–Crippen MR) is 63.3 cm³/mol. The maximum atomic E-state index is 12.7. The minimum Gasteiger partial charge on any atom is -0.340 e. The van der Waals surface area contributed by atoms with Crippen LogP contribution in [-0.2, 0) is 9.59 Å². The fraction of sp³-hybridized carbons (Fsp3) is 0.846. The van der Waals surface area contributed by atoms with Crippen molar-refractivity contribution in [2.75, 3.05) is 0 Å². The molecule has 0 radical (unpaired) electrons. The van der Waals surface area contributed by atoms with Gasteiger partial charge in [-0.05, 0) is 39.5 Å². The molecule has 0 aromatic rings. The number of nitrogens with one attached hydrogen (secondary N) is 1. The van der Waals surface area contributed by atoms with Gasteiger partial charge in [-0.3, -0.25) is 9.59 Å². The molecule has 1 unspecified atom stereocenters. The van der Waals surface area contributed by atoms with Crippen LogP contribution in [0.25, 0.3) is 0 Å². The maximum absolute atomic E-state index is 12.7. The maximum Gasteiger partial charge on any atom is 0.249 e. The largest absolute Gasteiger partial charge is 0.340 e.